The number of Topliss-reactive ketones (excluding diaryl/α,β-unsaturated/α-hetero) is 1. The van der Waals surface area contributed by atoms with E-state index in [9.17, 15) is 13.2 Å². The lowest BCUT2D eigenvalue weighted by molar-refractivity contribution is -0.120. The lowest BCUT2D eigenvalue weighted by Gasteiger charge is -2.29. The number of sulfonamides is 1. The van der Waals surface area contributed by atoms with E-state index in [2.05, 4.69) is 5.16 Å². The number of hydrogen-bond donors (Lipinski definition) is 0. The Kier molecular flexibility index (Phi) is 4.05. The average Bonchev–Trinajstić information content (AvgIpc) is 2.74. The molecular formula is C12H18N2O4S. The van der Waals surface area contributed by atoms with Crippen molar-refractivity contribution in [2.24, 2.45) is 0 Å². The zero-order valence-corrected chi connectivity index (χ0v) is 11.9. The third-order valence-electron chi connectivity index (χ3n) is 3.47. The summed E-state index contributed by atoms with van der Waals surface area (Å²) in [6, 6.07) is 1.53. The molecule has 0 aromatic carbocycles. The van der Waals surface area contributed by atoms with Gasteiger partial charge in [-0.15, -0.1) is 0 Å². The third-order valence-corrected chi connectivity index (χ3v) is 5.31. The summed E-state index contributed by atoms with van der Waals surface area (Å²) >= 11 is 0. The Bertz CT molecular complexity index is 554. The molecule has 0 saturated heterocycles. The molecule has 6 nitrogen and oxygen atoms in total. The van der Waals surface area contributed by atoms with Gasteiger partial charge >= 0.3 is 0 Å². The summed E-state index contributed by atoms with van der Waals surface area (Å²) < 4.78 is 30.7. The number of aromatic nitrogens is 1. The molecule has 0 N–H and O–H groups in total. The number of nitrogens with zero attached hydrogens (tertiary/aromatic N) is 2. The molecule has 0 amide bonds. The quantitative estimate of drug-likeness (QED) is 0.832. The topological polar surface area (TPSA) is 80.5 Å². The fourth-order valence-electron chi connectivity index (χ4n) is 2.29. The summed E-state index contributed by atoms with van der Waals surface area (Å²) in [4.78, 5) is 11.2. The first-order chi connectivity index (χ1) is 8.88. The van der Waals surface area contributed by atoms with Crippen molar-refractivity contribution in [1.82, 2.24) is 9.46 Å². The first-order valence-electron chi connectivity index (χ1n) is 6.28. The van der Waals surface area contributed by atoms with Gasteiger partial charge in [0.1, 0.15) is 23.0 Å². The predicted molar refractivity (Wildman–Crippen MR) is 68.9 cm³/mol. The zero-order valence-electron chi connectivity index (χ0n) is 11.1. The van der Waals surface area contributed by atoms with E-state index in [1.165, 1.54) is 4.31 Å². The Morgan fingerprint density at radius 3 is 2.58 bits per heavy atom. The monoisotopic (exact) mass is 286 g/mol. The Labute approximate surface area is 112 Å². The third kappa shape index (κ3) is 3.42. The van der Waals surface area contributed by atoms with Gasteiger partial charge in [-0.2, -0.15) is 0 Å². The summed E-state index contributed by atoms with van der Waals surface area (Å²) in [6.45, 7) is 1.72. The normalized spacial score (nSPS) is 18.2. The second-order valence-corrected chi connectivity index (χ2v) is 7.00. The predicted octanol–water partition coefficient (Wildman–Crippen LogP) is 1.26. The molecule has 0 bridgehead atoms. The van der Waals surface area contributed by atoms with E-state index in [0.717, 1.165) is 0 Å². The minimum Gasteiger partial charge on any atom is -0.361 e. The Balaban J connectivity index is 2.04. The van der Waals surface area contributed by atoms with E-state index in [1.54, 1.807) is 20.0 Å². The van der Waals surface area contributed by atoms with Crippen molar-refractivity contribution >= 4 is 15.8 Å². The van der Waals surface area contributed by atoms with Gasteiger partial charge in [0.25, 0.3) is 0 Å². The molecule has 0 atom stereocenters. The van der Waals surface area contributed by atoms with Crippen molar-refractivity contribution in [3.63, 3.8) is 0 Å². The van der Waals surface area contributed by atoms with Crippen LogP contribution in [0.1, 0.15) is 37.1 Å². The number of ketones is 1. The molecule has 0 radical (unpaired) electrons. The van der Waals surface area contributed by atoms with Crippen LogP contribution in [0.4, 0.5) is 0 Å². The fraction of sp³-hybridized carbons (Fsp3) is 0.667. The van der Waals surface area contributed by atoms with Crippen LogP contribution in [-0.2, 0) is 20.6 Å². The zero-order chi connectivity index (χ0) is 14.0. The summed E-state index contributed by atoms with van der Waals surface area (Å²) in [6.07, 6.45) is 2.14. The van der Waals surface area contributed by atoms with E-state index < -0.39 is 10.0 Å². The molecule has 1 aromatic heterocycles. The van der Waals surface area contributed by atoms with Crippen molar-refractivity contribution < 1.29 is 17.7 Å². The van der Waals surface area contributed by atoms with E-state index in [-0.39, 0.29) is 17.6 Å². The highest BCUT2D eigenvalue weighted by atomic mass is 32.2. The molecule has 0 spiro atoms. The molecule has 1 aliphatic carbocycles. The molecule has 0 aliphatic heterocycles. The fourth-order valence-corrected chi connectivity index (χ4v) is 3.67. The smallest absolute Gasteiger partial charge is 0.219 e. The van der Waals surface area contributed by atoms with Gasteiger partial charge in [-0.05, 0) is 19.8 Å². The number of aryl methyl sites for hydroxylation is 1. The van der Waals surface area contributed by atoms with Crippen LogP contribution < -0.4 is 0 Å². The minimum atomic E-state index is -3.42. The van der Waals surface area contributed by atoms with Gasteiger partial charge in [0, 0.05) is 32.0 Å². The van der Waals surface area contributed by atoms with E-state index in [1.807, 2.05) is 0 Å². The van der Waals surface area contributed by atoms with Gasteiger partial charge in [0.15, 0.2) is 0 Å². The van der Waals surface area contributed by atoms with Crippen LogP contribution in [0.5, 0.6) is 0 Å². The van der Waals surface area contributed by atoms with E-state index >= 15 is 0 Å². The Morgan fingerprint density at radius 1 is 1.42 bits per heavy atom. The first-order valence-corrected chi connectivity index (χ1v) is 7.89. The van der Waals surface area contributed by atoms with Crippen molar-refractivity contribution in [2.75, 3.05) is 7.05 Å². The van der Waals surface area contributed by atoms with Crippen molar-refractivity contribution in [3.8, 4) is 0 Å². The van der Waals surface area contributed by atoms with Gasteiger partial charge in [-0.25, -0.2) is 12.7 Å². The minimum absolute atomic E-state index is 0.0873. The number of hydrogen-bond acceptors (Lipinski definition) is 5. The standard InChI is InChI=1S/C12H18N2O4S/c1-9-7-10(13-18-9)8-19(16,17)14(2)11-3-5-12(15)6-4-11/h7,11H,3-6,8H2,1-2H3. The molecule has 1 fully saturated rings. The molecule has 7 heteroatoms. The van der Waals surface area contributed by atoms with E-state index in [0.29, 0.717) is 37.1 Å². The lowest BCUT2D eigenvalue weighted by Crippen LogP contribution is -2.40. The molecule has 1 heterocycles. The van der Waals surface area contributed by atoms with Crippen LogP contribution in [0.25, 0.3) is 0 Å². The second kappa shape index (κ2) is 5.42. The van der Waals surface area contributed by atoms with Crippen LogP contribution in [-0.4, -0.2) is 36.8 Å². The van der Waals surface area contributed by atoms with Crippen molar-refractivity contribution in [2.45, 2.75) is 44.4 Å². The van der Waals surface area contributed by atoms with Crippen LogP contribution in [0.15, 0.2) is 10.6 Å². The van der Waals surface area contributed by atoms with Gasteiger partial charge in [0.05, 0.1) is 0 Å². The number of carbonyl (C=O) groups is 1. The van der Waals surface area contributed by atoms with Crippen LogP contribution >= 0.6 is 0 Å². The maximum Gasteiger partial charge on any atom is 0.219 e. The Morgan fingerprint density at radius 2 is 2.05 bits per heavy atom. The molecule has 1 saturated carbocycles. The molecule has 1 aliphatic rings. The summed E-state index contributed by atoms with van der Waals surface area (Å²) in [7, 11) is -1.85. The van der Waals surface area contributed by atoms with E-state index in [4.69, 9.17) is 4.52 Å². The SMILES string of the molecule is Cc1cc(CS(=O)(=O)N(C)C2CCC(=O)CC2)no1. The summed E-state index contributed by atoms with van der Waals surface area (Å²) in [5.74, 6) is 0.649. The number of carbonyl (C=O) groups excluding carboxylic acids is 1. The van der Waals surface area contributed by atoms with Crippen molar-refractivity contribution in [3.05, 3.63) is 17.5 Å². The highest BCUT2D eigenvalue weighted by Crippen LogP contribution is 2.23. The summed E-state index contributed by atoms with van der Waals surface area (Å²) in [5.41, 5.74) is 0.413. The van der Waals surface area contributed by atoms with Crippen LogP contribution in [0.3, 0.4) is 0 Å². The van der Waals surface area contributed by atoms with Gasteiger partial charge in [0.2, 0.25) is 10.0 Å². The molecule has 19 heavy (non-hydrogen) atoms. The van der Waals surface area contributed by atoms with Gasteiger partial charge in [-0.3, -0.25) is 4.79 Å². The lowest BCUT2D eigenvalue weighted by atomic mass is 9.95. The highest BCUT2D eigenvalue weighted by molar-refractivity contribution is 7.88. The summed E-state index contributed by atoms with van der Waals surface area (Å²) in [5, 5.41) is 3.71. The van der Waals surface area contributed by atoms with Gasteiger partial charge < -0.3 is 4.52 Å². The maximum absolute atomic E-state index is 12.2. The largest absolute Gasteiger partial charge is 0.361 e. The molecule has 2 rings (SSSR count). The van der Waals surface area contributed by atoms with Gasteiger partial charge in [-0.1, -0.05) is 5.16 Å². The Hall–Kier alpha value is -1.21. The highest BCUT2D eigenvalue weighted by Gasteiger charge is 2.30. The van der Waals surface area contributed by atoms with Crippen LogP contribution in [0.2, 0.25) is 0 Å². The second-order valence-electron chi connectivity index (χ2n) is 4.97. The van der Waals surface area contributed by atoms with Crippen molar-refractivity contribution in [1.29, 1.82) is 0 Å². The molecular weight excluding hydrogens is 268 g/mol. The average molecular weight is 286 g/mol. The van der Waals surface area contributed by atoms with Crippen LogP contribution in [0, 0.1) is 6.92 Å². The molecule has 106 valence electrons. The first kappa shape index (κ1) is 14.2. The molecule has 1 aromatic rings. The number of rotatable bonds is 4. The maximum atomic E-state index is 12.2. The molecule has 0 unspecified atom stereocenters.